The summed E-state index contributed by atoms with van der Waals surface area (Å²) in [6.07, 6.45) is 2.22. The lowest BCUT2D eigenvalue weighted by atomic mass is 10.0. The zero-order valence-corrected chi connectivity index (χ0v) is 10.7. The topological polar surface area (TPSA) is 79.5 Å². The first-order valence-electron chi connectivity index (χ1n) is 6.03. The molecule has 1 rings (SSSR count). The van der Waals surface area contributed by atoms with Gasteiger partial charge in [-0.05, 0) is 24.5 Å². The number of ketones is 1. The lowest BCUT2D eigenvalue weighted by Gasteiger charge is -2.15. The number of furan rings is 1. The number of carbonyl (C=O) groups excluding carboxylic acids is 1. The van der Waals surface area contributed by atoms with E-state index in [1.54, 1.807) is 12.1 Å². The fourth-order valence-electron chi connectivity index (χ4n) is 1.66. The van der Waals surface area contributed by atoms with Gasteiger partial charge in [-0.1, -0.05) is 13.8 Å². The molecule has 0 aliphatic carbocycles. The van der Waals surface area contributed by atoms with Gasteiger partial charge in [-0.2, -0.15) is 0 Å². The molecule has 1 heterocycles. The lowest BCUT2D eigenvalue weighted by Crippen LogP contribution is -2.38. The zero-order chi connectivity index (χ0) is 13.5. The van der Waals surface area contributed by atoms with E-state index in [1.165, 1.54) is 6.26 Å². The van der Waals surface area contributed by atoms with E-state index >= 15 is 0 Å². The number of hydrogen-bond donors (Lipinski definition) is 2. The number of hydrogen-bond acceptors (Lipinski definition) is 4. The van der Waals surface area contributed by atoms with Crippen molar-refractivity contribution in [3.8, 4) is 0 Å². The third-order valence-electron chi connectivity index (χ3n) is 2.54. The summed E-state index contributed by atoms with van der Waals surface area (Å²) in [7, 11) is 0. The summed E-state index contributed by atoms with van der Waals surface area (Å²) >= 11 is 0. The molecule has 100 valence electrons. The Morgan fingerprint density at radius 3 is 2.67 bits per heavy atom. The van der Waals surface area contributed by atoms with Crippen molar-refractivity contribution in [2.75, 3.05) is 6.54 Å². The van der Waals surface area contributed by atoms with Crippen molar-refractivity contribution in [1.82, 2.24) is 5.32 Å². The van der Waals surface area contributed by atoms with Crippen LogP contribution in [0.25, 0.3) is 0 Å². The van der Waals surface area contributed by atoms with Crippen LogP contribution in [-0.4, -0.2) is 29.4 Å². The smallest absolute Gasteiger partial charge is 0.320 e. The Morgan fingerprint density at radius 1 is 1.44 bits per heavy atom. The third-order valence-corrected chi connectivity index (χ3v) is 2.54. The highest BCUT2D eigenvalue weighted by molar-refractivity contribution is 5.93. The average Bonchev–Trinajstić information content (AvgIpc) is 2.80. The van der Waals surface area contributed by atoms with Crippen molar-refractivity contribution in [3.05, 3.63) is 24.2 Å². The van der Waals surface area contributed by atoms with Gasteiger partial charge in [0.2, 0.25) is 0 Å². The van der Waals surface area contributed by atoms with Crippen molar-refractivity contribution in [2.24, 2.45) is 5.92 Å². The van der Waals surface area contributed by atoms with Crippen molar-refractivity contribution >= 4 is 11.8 Å². The standard InChI is InChI=1S/C13H19NO4/c1-9(2)8-10(13(16)17)14-6-5-11(15)12-4-3-7-18-12/h3-4,7,9-10,14H,5-6,8H2,1-2H3,(H,16,17). The molecule has 2 N–H and O–H groups in total. The highest BCUT2D eigenvalue weighted by Crippen LogP contribution is 2.06. The molecular weight excluding hydrogens is 234 g/mol. The summed E-state index contributed by atoms with van der Waals surface area (Å²) in [5.74, 6) is -0.401. The Morgan fingerprint density at radius 2 is 2.17 bits per heavy atom. The molecule has 0 bridgehead atoms. The van der Waals surface area contributed by atoms with Gasteiger partial charge >= 0.3 is 5.97 Å². The highest BCUT2D eigenvalue weighted by Gasteiger charge is 2.18. The van der Waals surface area contributed by atoms with Gasteiger partial charge in [-0.3, -0.25) is 9.59 Å². The van der Waals surface area contributed by atoms with Gasteiger partial charge in [0.05, 0.1) is 6.26 Å². The summed E-state index contributed by atoms with van der Waals surface area (Å²) in [5, 5.41) is 11.9. The first-order chi connectivity index (χ1) is 8.50. The van der Waals surface area contributed by atoms with Crippen LogP contribution in [0.15, 0.2) is 22.8 Å². The van der Waals surface area contributed by atoms with E-state index < -0.39 is 12.0 Å². The molecule has 5 nitrogen and oxygen atoms in total. The van der Waals surface area contributed by atoms with E-state index in [4.69, 9.17) is 9.52 Å². The molecule has 0 aromatic carbocycles. The molecule has 1 unspecified atom stereocenters. The number of aliphatic carboxylic acids is 1. The van der Waals surface area contributed by atoms with Crippen molar-refractivity contribution in [1.29, 1.82) is 0 Å². The lowest BCUT2D eigenvalue weighted by molar-refractivity contribution is -0.139. The SMILES string of the molecule is CC(C)CC(NCCC(=O)c1ccco1)C(=O)O. The van der Waals surface area contributed by atoms with Crippen LogP contribution in [0, 0.1) is 5.92 Å². The summed E-state index contributed by atoms with van der Waals surface area (Å²) in [6.45, 7) is 4.26. The molecule has 0 saturated heterocycles. The number of carboxylic acid groups (broad SMARTS) is 1. The normalized spacial score (nSPS) is 12.6. The molecule has 0 amide bonds. The van der Waals surface area contributed by atoms with E-state index in [0.29, 0.717) is 24.6 Å². The molecular formula is C13H19NO4. The average molecular weight is 253 g/mol. The van der Waals surface area contributed by atoms with Crippen LogP contribution in [0.1, 0.15) is 37.2 Å². The Bertz CT molecular complexity index is 384. The van der Waals surface area contributed by atoms with Gasteiger partial charge < -0.3 is 14.8 Å². The second-order valence-electron chi connectivity index (χ2n) is 4.62. The quantitative estimate of drug-likeness (QED) is 0.692. The van der Waals surface area contributed by atoms with Crippen molar-refractivity contribution < 1.29 is 19.1 Å². The Balaban J connectivity index is 2.35. The highest BCUT2D eigenvalue weighted by atomic mass is 16.4. The summed E-state index contributed by atoms with van der Waals surface area (Å²) < 4.78 is 4.97. The molecule has 1 aromatic heterocycles. The van der Waals surface area contributed by atoms with Crippen LogP contribution in [0.3, 0.4) is 0 Å². The van der Waals surface area contributed by atoms with Gasteiger partial charge in [-0.15, -0.1) is 0 Å². The molecule has 0 aliphatic rings. The Labute approximate surface area is 106 Å². The molecule has 5 heteroatoms. The van der Waals surface area contributed by atoms with Gasteiger partial charge in [-0.25, -0.2) is 0 Å². The maximum absolute atomic E-state index is 11.6. The van der Waals surface area contributed by atoms with E-state index in [1.807, 2.05) is 13.8 Å². The van der Waals surface area contributed by atoms with Crippen LogP contribution in [-0.2, 0) is 4.79 Å². The van der Waals surface area contributed by atoms with E-state index in [2.05, 4.69) is 5.32 Å². The molecule has 0 spiro atoms. The molecule has 0 saturated carbocycles. The molecule has 0 radical (unpaired) electrons. The maximum Gasteiger partial charge on any atom is 0.320 e. The second kappa shape index (κ2) is 6.96. The minimum absolute atomic E-state index is 0.124. The molecule has 0 aliphatic heterocycles. The summed E-state index contributed by atoms with van der Waals surface area (Å²) in [4.78, 5) is 22.6. The summed E-state index contributed by atoms with van der Waals surface area (Å²) in [6, 6.07) is 2.65. The Kier molecular flexibility index (Phi) is 5.58. The fourth-order valence-corrected chi connectivity index (χ4v) is 1.66. The molecule has 1 aromatic rings. The maximum atomic E-state index is 11.6. The summed E-state index contributed by atoms with van der Waals surface area (Å²) in [5.41, 5.74) is 0. The predicted molar refractivity (Wildman–Crippen MR) is 66.5 cm³/mol. The number of carbonyl (C=O) groups is 2. The van der Waals surface area contributed by atoms with Gasteiger partial charge in [0.1, 0.15) is 6.04 Å². The minimum Gasteiger partial charge on any atom is -0.480 e. The van der Waals surface area contributed by atoms with E-state index in [9.17, 15) is 9.59 Å². The predicted octanol–water partition coefficient (Wildman–Crippen LogP) is 1.94. The van der Waals surface area contributed by atoms with Gasteiger partial charge in [0, 0.05) is 13.0 Å². The van der Waals surface area contributed by atoms with E-state index in [0.717, 1.165) is 0 Å². The van der Waals surface area contributed by atoms with Gasteiger partial charge in [0.25, 0.3) is 0 Å². The first-order valence-corrected chi connectivity index (χ1v) is 6.03. The van der Waals surface area contributed by atoms with Crippen LogP contribution in [0.4, 0.5) is 0 Å². The largest absolute Gasteiger partial charge is 0.480 e. The molecule has 1 atom stereocenters. The van der Waals surface area contributed by atoms with Crippen LogP contribution in [0.2, 0.25) is 0 Å². The monoisotopic (exact) mass is 253 g/mol. The Hall–Kier alpha value is -1.62. The minimum atomic E-state index is -0.880. The number of carboxylic acids is 1. The van der Waals surface area contributed by atoms with E-state index in [-0.39, 0.29) is 12.2 Å². The fraction of sp³-hybridized carbons (Fsp3) is 0.538. The number of Topliss-reactive ketones (excluding diaryl/α,β-unsaturated/α-hetero) is 1. The van der Waals surface area contributed by atoms with Crippen LogP contribution >= 0.6 is 0 Å². The second-order valence-corrected chi connectivity index (χ2v) is 4.62. The first kappa shape index (κ1) is 14.4. The third kappa shape index (κ3) is 4.71. The molecule has 0 fully saturated rings. The molecule has 18 heavy (non-hydrogen) atoms. The zero-order valence-electron chi connectivity index (χ0n) is 10.7. The van der Waals surface area contributed by atoms with Crippen LogP contribution in [0.5, 0.6) is 0 Å². The van der Waals surface area contributed by atoms with Crippen LogP contribution < -0.4 is 5.32 Å². The van der Waals surface area contributed by atoms with Crippen molar-refractivity contribution in [2.45, 2.75) is 32.7 Å². The number of nitrogens with one attached hydrogen (secondary N) is 1. The number of rotatable bonds is 8. The van der Waals surface area contributed by atoms with Crippen molar-refractivity contribution in [3.63, 3.8) is 0 Å². The van der Waals surface area contributed by atoms with Gasteiger partial charge in [0.15, 0.2) is 11.5 Å².